The molecule has 0 spiro atoms. The Balaban J connectivity index is 1.54. The molecule has 0 saturated carbocycles. The van der Waals surface area contributed by atoms with Crippen molar-refractivity contribution in [2.75, 3.05) is 13.1 Å². The standard InChI is InChI=1S/C26H29N3O3/c1-26(2,3)32-25(31)29-14-12-22(17-29)23(18-7-5-4-6-8-18)28-24(30)20-9-10-21-16-27-13-11-19(21)15-20/h4-11,13,15-16,22-23H,12,14,17H2,1-3H3,(H,28,30)/t22-,23?/m1/s1. The summed E-state index contributed by atoms with van der Waals surface area (Å²) in [6, 6.07) is 17.3. The van der Waals surface area contributed by atoms with Gasteiger partial charge in [-0.2, -0.15) is 0 Å². The first-order chi connectivity index (χ1) is 15.3. The number of carbonyl (C=O) groups is 2. The second kappa shape index (κ2) is 8.99. The first-order valence-corrected chi connectivity index (χ1v) is 11.0. The van der Waals surface area contributed by atoms with Gasteiger partial charge < -0.3 is 15.0 Å². The highest BCUT2D eigenvalue weighted by molar-refractivity contribution is 5.98. The summed E-state index contributed by atoms with van der Waals surface area (Å²) < 4.78 is 5.54. The number of hydrogen-bond donors (Lipinski definition) is 1. The van der Waals surface area contributed by atoms with Crippen molar-refractivity contribution < 1.29 is 14.3 Å². The molecule has 2 heterocycles. The van der Waals surface area contributed by atoms with Gasteiger partial charge >= 0.3 is 6.09 Å². The summed E-state index contributed by atoms with van der Waals surface area (Å²) in [4.78, 5) is 31.6. The minimum atomic E-state index is -0.534. The lowest BCUT2D eigenvalue weighted by molar-refractivity contribution is 0.0285. The van der Waals surface area contributed by atoms with E-state index in [4.69, 9.17) is 4.74 Å². The number of likely N-dealkylation sites (tertiary alicyclic amines) is 1. The summed E-state index contributed by atoms with van der Waals surface area (Å²) in [6.45, 7) is 6.75. The van der Waals surface area contributed by atoms with Crippen LogP contribution in [0.25, 0.3) is 10.8 Å². The zero-order valence-electron chi connectivity index (χ0n) is 18.7. The van der Waals surface area contributed by atoms with E-state index in [1.54, 1.807) is 17.3 Å². The number of nitrogens with zero attached hydrogens (tertiary/aromatic N) is 2. The maximum absolute atomic E-state index is 13.2. The third-order valence-corrected chi connectivity index (χ3v) is 5.70. The number of fused-ring (bicyclic) bond motifs is 1. The van der Waals surface area contributed by atoms with Gasteiger partial charge in [0.2, 0.25) is 0 Å². The molecule has 4 rings (SSSR count). The van der Waals surface area contributed by atoms with Crippen molar-refractivity contribution in [3.8, 4) is 0 Å². The Morgan fingerprint density at radius 1 is 1.09 bits per heavy atom. The van der Waals surface area contributed by atoms with Crippen LogP contribution in [0.5, 0.6) is 0 Å². The molecular formula is C26H29N3O3. The summed E-state index contributed by atoms with van der Waals surface area (Å²) in [5, 5.41) is 5.20. The zero-order valence-corrected chi connectivity index (χ0v) is 18.7. The fourth-order valence-electron chi connectivity index (χ4n) is 4.13. The molecule has 1 N–H and O–H groups in total. The summed E-state index contributed by atoms with van der Waals surface area (Å²) in [6.07, 6.45) is 4.00. The predicted molar refractivity (Wildman–Crippen MR) is 124 cm³/mol. The summed E-state index contributed by atoms with van der Waals surface area (Å²) in [7, 11) is 0. The van der Waals surface area contributed by atoms with Crippen LogP contribution in [0.4, 0.5) is 4.79 Å². The number of aromatic nitrogens is 1. The number of carbonyl (C=O) groups excluding carboxylic acids is 2. The van der Waals surface area contributed by atoms with Crippen LogP contribution in [0.15, 0.2) is 67.0 Å². The predicted octanol–water partition coefficient (Wildman–Crippen LogP) is 4.96. The first-order valence-electron chi connectivity index (χ1n) is 11.0. The molecule has 3 aromatic rings. The highest BCUT2D eigenvalue weighted by Gasteiger charge is 2.35. The molecule has 2 amide bonds. The molecule has 2 atom stereocenters. The lowest BCUT2D eigenvalue weighted by atomic mass is 9.92. The van der Waals surface area contributed by atoms with E-state index in [-0.39, 0.29) is 24.0 Å². The number of amides is 2. The van der Waals surface area contributed by atoms with E-state index in [0.29, 0.717) is 18.7 Å². The van der Waals surface area contributed by atoms with Gasteiger partial charge in [-0.3, -0.25) is 9.78 Å². The molecule has 1 aliphatic rings. The van der Waals surface area contributed by atoms with Gasteiger partial charge in [-0.05, 0) is 56.3 Å². The maximum atomic E-state index is 13.2. The van der Waals surface area contributed by atoms with Gasteiger partial charge in [0.25, 0.3) is 5.91 Å². The molecule has 0 aliphatic carbocycles. The van der Waals surface area contributed by atoms with Crippen molar-refractivity contribution in [3.05, 3.63) is 78.1 Å². The SMILES string of the molecule is CC(C)(C)OC(=O)N1CC[C@@H](C(NC(=O)c2ccc3cnccc3c2)c2ccccc2)C1. The number of nitrogens with one attached hydrogen (secondary N) is 1. The Kier molecular flexibility index (Phi) is 6.12. The molecule has 1 fully saturated rings. The Hall–Kier alpha value is -3.41. The summed E-state index contributed by atoms with van der Waals surface area (Å²) >= 11 is 0. The van der Waals surface area contributed by atoms with E-state index in [2.05, 4.69) is 10.3 Å². The molecule has 0 bridgehead atoms. The van der Waals surface area contributed by atoms with E-state index in [1.807, 2.05) is 75.4 Å². The summed E-state index contributed by atoms with van der Waals surface area (Å²) in [5.74, 6) is -0.0354. The molecule has 2 aromatic carbocycles. The van der Waals surface area contributed by atoms with Crippen molar-refractivity contribution in [3.63, 3.8) is 0 Å². The number of benzene rings is 2. The van der Waals surface area contributed by atoms with Crippen LogP contribution in [-0.4, -0.2) is 40.6 Å². The second-order valence-corrected chi connectivity index (χ2v) is 9.27. The summed E-state index contributed by atoms with van der Waals surface area (Å²) in [5.41, 5.74) is 1.10. The number of hydrogen-bond acceptors (Lipinski definition) is 4. The topological polar surface area (TPSA) is 71.5 Å². The van der Waals surface area contributed by atoms with Crippen LogP contribution in [0, 0.1) is 5.92 Å². The van der Waals surface area contributed by atoms with Crippen LogP contribution in [-0.2, 0) is 4.74 Å². The Morgan fingerprint density at radius 3 is 2.62 bits per heavy atom. The van der Waals surface area contributed by atoms with Gasteiger partial charge in [-0.15, -0.1) is 0 Å². The number of rotatable bonds is 4. The number of ether oxygens (including phenoxy) is 1. The van der Waals surface area contributed by atoms with E-state index < -0.39 is 5.60 Å². The minimum Gasteiger partial charge on any atom is -0.444 e. The average molecular weight is 432 g/mol. The van der Waals surface area contributed by atoms with Crippen molar-refractivity contribution in [2.45, 2.75) is 38.8 Å². The average Bonchev–Trinajstić information content (AvgIpc) is 3.26. The van der Waals surface area contributed by atoms with E-state index >= 15 is 0 Å². The van der Waals surface area contributed by atoms with Crippen LogP contribution in [0.2, 0.25) is 0 Å². The molecule has 6 heteroatoms. The third-order valence-electron chi connectivity index (χ3n) is 5.70. The lowest BCUT2D eigenvalue weighted by Crippen LogP contribution is -2.38. The molecule has 32 heavy (non-hydrogen) atoms. The molecule has 1 saturated heterocycles. The van der Waals surface area contributed by atoms with E-state index in [1.165, 1.54) is 0 Å². The van der Waals surface area contributed by atoms with Crippen LogP contribution < -0.4 is 5.32 Å². The van der Waals surface area contributed by atoms with Crippen LogP contribution in [0.1, 0.15) is 49.2 Å². The molecule has 166 valence electrons. The van der Waals surface area contributed by atoms with Gasteiger partial charge in [-0.25, -0.2) is 4.79 Å². The Morgan fingerprint density at radius 2 is 1.88 bits per heavy atom. The van der Waals surface area contributed by atoms with E-state index in [9.17, 15) is 9.59 Å². The molecule has 6 nitrogen and oxygen atoms in total. The quantitative estimate of drug-likeness (QED) is 0.634. The largest absolute Gasteiger partial charge is 0.444 e. The number of pyridine rings is 1. The third kappa shape index (κ3) is 5.07. The van der Waals surface area contributed by atoms with Gasteiger partial charge in [0, 0.05) is 42.4 Å². The molecule has 0 radical (unpaired) electrons. The molecule has 1 unspecified atom stereocenters. The van der Waals surface area contributed by atoms with Gasteiger partial charge in [0.1, 0.15) is 5.60 Å². The smallest absolute Gasteiger partial charge is 0.410 e. The van der Waals surface area contributed by atoms with Crippen molar-refractivity contribution in [1.82, 2.24) is 15.2 Å². The lowest BCUT2D eigenvalue weighted by Gasteiger charge is -2.27. The second-order valence-electron chi connectivity index (χ2n) is 9.27. The van der Waals surface area contributed by atoms with E-state index in [0.717, 1.165) is 22.8 Å². The van der Waals surface area contributed by atoms with Crippen LogP contribution >= 0.6 is 0 Å². The highest BCUT2D eigenvalue weighted by Crippen LogP contribution is 2.31. The van der Waals surface area contributed by atoms with Crippen molar-refractivity contribution in [2.24, 2.45) is 5.92 Å². The fourth-order valence-corrected chi connectivity index (χ4v) is 4.13. The van der Waals surface area contributed by atoms with Gasteiger partial charge in [-0.1, -0.05) is 36.4 Å². The first kappa shape index (κ1) is 21.8. The maximum Gasteiger partial charge on any atom is 0.410 e. The Bertz CT molecular complexity index is 1110. The minimum absolute atomic E-state index is 0.0959. The normalized spacial score (nSPS) is 17.2. The molecule has 1 aliphatic heterocycles. The van der Waals surface area contributed by atoms with Crippen LogP contribution in [0.3, 0.4) is 0 Å². The van der Waals surface area contributed by atoms with Crippen molar-refractivity contribution in [1.29, 1.82) is 0 Å². The zero-order chi connectivity index (χ0) is 22.7. The monoisotopic (exact) mass is 431 g/mol. The molecular weight excluding hydrogens is 402 g/mol. The van der Waals surface area contributed by atoms with Gasteiger partial charge in [0.15, 0.2) is 0 Å². The molecule has 1 aromatic heterocycles. The van der Waals surface area contributed by atoms with Crippen molar-refractivity contribution >= 4 is 22.8 Å². The van der Waals surface area contributed by atoms with Gasteiger partial charge in [0.05, 0.1) is 6.04 Å². The highest BCUT2D eigenvalue weighted by atomic mass is 16.6. The fraction of sp³-hybridized carbons (Fsp3) is 0.346. The Labute approximate surface area is 188 Å².